The zero-order valence-corrected chi connectivity index (χ0v) is 13.6. The topological polar surface area (TPSA) is 12.0 Å². The molecule has 1 aromatic rings. The Bertz CT molecular complexity index is 340. The molecule has 0 radical (unpaired) electrons. The molecule has 0 aliphatic heterocycles. The standard InChI is InChI=1S/C16H28NP/c1-13(2)12-18(16(4,5)6)17-14(3)15-10-8-7-9-11-15/h7-11,13-14,17H,12H2,1-6H3/t14-,18+/m0/s1. The predicted octanol–water partition coefficient (Wildman–Crippen LogP) is 5.19. The minimum Gasteiger partial charge on any atom is -0.288 e. The Kier molecular flexibility index (Phi) is 5.82. The van der Waals surface area contributed by atoms with Gasteiger partial charge in [0.15, 0.2) is 0 Å². The Hall–Kier alpha value is -0.390. The SMILES string of the molecule is CC(C)C[P@@](N[C@@H](C)c1ccccc1)C(C)(C)C. The lowest BCUT2D eigenvalue weighted by Gasteiger charge is -2.35. The fourth-order valence-corrected chi connectivity index (χ4v) is 4.32. The predicted molar refractivity (Wildman–Crippen MR) is 84.4 cm³/mol. The molecule has 0 spiro atoms. The first-order valence-electron chi connectivity index (χ1n) is 6.89. The first kappa shape index (κ1) is 15.7. The quantitative estimate of drug-likeness (QED) is 0.722. The monoisotopic (exact) mass is 265 g/mol. The van der Waals surface area contributed by atoms with E-state index in [1.54, 1.807) is 0 Å². The third-order valence-electron chi connectivity index (χ3n) is 3.01. The van der Waals surface area contributed by atoms with Gasteiger partial charge in [-0.05, 0) is 37.8 Å². The largest absolute Gasteiger partial charge is 0.288 e. The number of hydrogen-bond donors (Lipinski definition) is 1. The lowest BCUT2D eigenvalue weighted by Crippen LogP contribution is -2.27. The van der Waals surface area contributed by atoms with Crippen LogP contribution in [-0.2, 0) is 0 Å². The van der Waals surface area contributed by atoms with Crippen LogP contribution in [-0.4, -0.2) is 11.3 Å². The first-order valence-corrected chi connectivity index (χ1v) is 8.42. The second-order valence-electron chi connectivity index (χ2n) is 6.44. The fourth-order valence-electron chi connectivity index (χ4n) is 1.94. The molecule has 0 aromatic heterocycles. The van der Waals surface area contributed by atoms with Crippen molar-refractivity contribution < 1.29 is 0 Å². The van der Waals surface area contributed by atoms with E-state index < -0.39 is 0 Å². The van der Waals surface area contributed by atoms with Crippen molar-refractivity contribution in [1.82, 2.24) is 5.09 Å². The Morgan fingerprint density at radius 2 is 1.61 bits per heavy atom. The molecule has 0 bridgehead atoms. The van der Waals surface area contributed by atoms with Crippen LogP contribution in [0.2, 0.25) is 0 Å². The van der Waals surface area contributed by atoms with Crippen LogP contribution in [0.4, 0.5) is 0 Å². The molecule has 2 heteroatoms. The van der Waals surface area contributed by atoms with Gasteiger partial charge in [-0.25, -0.2) is 0 Å². The first-order chi connectivity index (χ1) is 8.30. The minimum absolute atomic E-state index is 0.154. The lowest BCUT2D eigenvalue weighted by atomic mass is 10.1. The minimum atomic E-state index is -0.154. The highest BCUT2D eigenvalue weighted by Gasteiger charge is 2.26. The zero-order chi connectivity index (χ0) is 13.8. The maximum Gasteiger partial charge on any atom is 0.0328 e. The van der Waals surface area contributed by atoms with Crippen LogP contribution in [0.3, 0.4) is 0 Å². The Labute approximate surface area is 114 Å². The molecule has 1 rings (SSSR count). The third kappa shape index (κ3) is 5.08. The normalized spacial score (nSPS) is 15.7. The molecule has 0 saturated heterocycles. The molecule has 0 saturated carbocycles. The van der Waals surface area contributed by atoms with Crippen molar-refractivity contribution in [2.24, 2.45) is 5.92 Å². The van der Waals surface area contributed by atoms with E-state index in [1.807, 2.05) is 0 Å². The summed E-state index contributed by atoms with van der Waals surface area (Å²) in [7, 11) is -0.154. The molecule has 102 valence electrons. The lowest BCUT2D eigenvalue weighted by molar-refractivity contribution is 0.667. The highest BCUT2D eigenvalue weighted by Crippen LogP contribution is 2.48. The second-order valence-corrected chi connectivity index (χ2v) is 9.26. The van der Waals surface area contributed by atoms with Crippen molar-refractivity contribution in [3.63, 3.8) is 0 Å². The maximum atomic E-state index is 3.87. The number of rotatable bonds is 5. The van der Waals surface area contributed by atoms with Crippen molar-refractivity contribution in [3.8, 4) is 0 Å². The smallest absolute Gasteiger partial charge is 0.0328 e. The van der Waals surface area contributed by atoms with Crippen molar-refractivity contribution in [2.45, 2.75) is 52.7 Å². The second kappa shape index (κ2) is 6.68. The molecule has 1 aromatic carbocycles. The number of hydrogen-bond acceptors (Lipinski definition) is 1. The molecule has 0 aliphatic rings. The van der Waals surface area contributed by atoms with Crippen LogP contribution >= 0.6 is 8.07 Å². The van der Waals surface area contributed by atoms with Crippen molar-refractivity contribution in [2.75, 3.05) is 6.16 Å². The summed E-state index contributed by atoms with van der Waals surface area (Å²) >= 11 is 0. The number of benzene rings is 1. The molecule has 18 heavy (non-hydrogen) atoms. The summed E-state index contributed by atoms with van der Waals surface area (Å²) < 4.78 is 0. The average molecular weight is 265 g/mol. The van der Waals surface area contributed by atoms with E-state index in [9.17, 15) is 0 Å². The summed E-state index contributed by atoms with van der Waals surface area (Å²) in [5.41, 5.74) is 1.39. The van der Waals surface area contributed by atoms with Gasteiger partial charge in [-0.1, -0.05) is 65.0 Å². The summed E-state index contributed by atoms with van der Waals surface area (Å²) in [4.78, 5) is 0. The van der Waals surface area contributed by atoms with Crippen LogP contribution in [0, 0.1) is 5.92 Å². The Morgan fingerprint density at radius 1 is 1.06 bits per heavy atom. The van der Waals surface area contributed by atoms with Crippen LogP contribution in [0.5, 0.6) is 0 Å². The summed E-state index contributed by atoms with van der Waals surface area (Å²) in [6.45, 7) is 14.0. The van der Waals surface area contributed by atoms with E-state index in [1.165, 1.54) is 11.7 Å². The molecule has 0 heterocycles. The van der Waals surface area contributed by atoms with Crippen LogP contribution in [0.15, 0.2) is 30.3 Å². The molecule has 1 N–H and O–H groups in total. The van der Waals surface area contributed by atoms with Crippen LogP contribution in [0.25, 0.3) is 0 Å². The van der Waals surface area contributed by atoms with E-state index >= 15 is 0 Å². The molecule has 0 unspecified atom stereocenters. The highest BCUT2D eigenvalue weighted by atomic mass is 31.1. The molecule has 1 nitrogen and oxygen atoms in total. The van der Waals surface area contributed by atoms with Gasteiger partial charge in [0.05, 0.1) is 0 Å². The van der Waals surface area contributed by atoms with E-state index in [0.29, 0.717) is 11.2 Å². The van der Waals surface area contributed by atoms with E-state index in [-0.39, 0.29) is 8.07 Å². The molecule has 2 atom stereocenters. The van der Waals surface area contributed by atoms with Gasteiger partial charge in [0.2, 0.25) is 0 Å². The summed E-state index contributed by atoms with van der Waals surface area (Å²) in [6, 6.07) is 11.2. The maximum absolute atomic E-state index is 3.87. The van der Waals surface area contributed by atoms with E-state index in [4.69, 9.17) is 0 Å². The van der Waals surface area contributed by atoms with E-state index in [2.05, 4.69) is 77.0 Å². The highest BCUT2D eigenvalue weighted by molar-refractivity contribution is 7.57. The molecule has 0 fully saturated rings. The third-order valence-corrected chi connectivity index (χ3v) is 6.42. The molecule has 0 aliphatic carbocycles. The molecular formula is C16H28NP. The van der Waals surface area contributed by atoms with Gasteiger partial charge in [0, 0.05) is 6.04 Å². The summed E-state index contributed by atoms with van der Waals surface area (Å²) in [5.74, 6) is 0.755. The Morgan fingerprint density at radius 3 is 2.06 bits per heavy atom. The van der Waals surface area contributed by atoms with Gasteiger partial charge in [-0.3, -0.25) is 5.09 Å². The van der Waals surface area contributed by atoms with Crippen molar-refractivity contribution in [3.05, 3.63) is 35.9 Å². The van der Waals surface area contributed by atoms with Gasteiger partial charge in [0.1, 0.15) is 0 Å². The van der Waals surface area contributed by atoms with Crippen LogP contribution in [0.1, 0.15) is 53.1 Å². The van der Waals surface area contributed by atoms with Gasteiger partial charge in [0.25, 0.3) is 0 Å². The van der Waals surface area contributed by atoms with Crippen molar-refractivity contribution >= 4 is 8.07 Å². The zero-order valence-electron chi connectivity index (χ0n) is 12.7. The summed E-state index contributed by atoms with van der Waals surface area (Å²) in [5, 5.41) is 4.23. The Balaban J connectivity index is 2.72. The summed E-state index contributed by atoms with van der Waals surface area (Å²) in [6.07, 6.45) is 1.29. The van der Waals surface area contributed by atoms with Gasteiger partial charge in [-0.15, -0.1) is 0 Å². The van der Waals surface area contributed by atoms with Crippen molar-refractivity contribution in [1.29, 1.82) is 0 Å². The molecule has 0 amide bonds. The van der Waals surface area contributed by atoms with Gasteiger partial charge in [-0.2, -0.15) is 0 Å². The van der Waals surface area contributed by atoms with Crippen LogP contribution < -0.4 is 5.09 Å². The van der Waals surface area contributed by atoms with E-state index in [0.717, 1.165) is 5.92 Å². The van der Waals surface area contributed by atoms with Gasteiger partial charge < -0.3 is 0 Å². The fraction of sp³-hybridized carbons (Fsp3) is 0.625. The van der Waals surface area contributed by atoms with Gasteiger partial charge >= 0.3 is 0 Å². The molecular weight excluding hydrogens is 237 g/mol. The average Bonchev–Trinajstić information content (AvgIpc) is 2.27. The number of nitrogens with one attached hydrogen (secondary N) is 1.